The van der Waals surface area contributed by atoms with Crippen LogP contribution in [0.5, 0.6) is 0 Å². The molecule has 1 aromatic carbocycles. The minimum atomic E-state index is -3.50. The minimum Gasteiger partial charge on any atom is -0.330 e. The van der Waals surface area contributed by atoms with Crippen LogP contribution in [0.25, 0.3) is 10.2 Å². The van der Waals surface area contributed by atoms with Crippen LogP contribution in [0.15, 0.2) is 23.1 Å². The molecule has 3 heterocycles. The van der Waals surface area contributed by atoms with E-state index in [0.29, 0.717) is 41.4 Å². The lowest BCUT2D eigenvalue weighted by molar-refractivity contribution is -0.139. The molecule has 1 atom stereocenters. The van der Waals surface area contributed by atoms with Gasteiger partial charge in [-0.25, -0.2) is 13.4 Å². The molecule has 1 unspecified atom stereocenters. The lowest BCUT2D eigenvalue weighted by Gasteiger charge is -2.25. The highest BCUT2D eigenvalue weighted by atomic mass is 32.2. The van der Waals surface area contributed by atoms with Crippen LogP contribution in [0.4, 0.5) is 5.13 Å². The third kappa shape index (κ3) is 3.95. The molecule has 1 aromatic heterocycles. The Morgan fingerprint density at radius 3 is 2.60 bits per heavy atom. The topological polar surface area (TPSA) is 99.7 Å². The Bertz CT molecular complexity index is 1070. The molecule has 2 fully saturated rings. The number of amides is 2. The van der Waals surface area contributed by atoms with Crippen LogP contribution >= 0.6 is 11.3 Å². The molecule has 8 nitrogen and oxygen atoms in total. The normalized spacial score (nSPS) is 20.4. The van der Waals surface area contributed by atoms with Crippen LogP contribution in [0.1, 0.15) is 39.5 Å². The molecule has 2 aromatic rings. The van der Waals surface area contributed by atoms with E-state index < -0.39 is 16.1 Å². The number of benzene rings is 1. The maximum atomic E-state index is 12.8. The van der Waals surface area contributed by atoms with Crippen molar-refractivity contribution in [1.29, 1.82) is 0 Å². The average Bonchev–Trinajstić information content (AvgIpc) is 3.46. The second-order valence-electron chi connectivity index (χ2n) is 8.09. The minimum absolute atomic E-state index is 0.0197. The Labute approximate surface area is 180 Å². The van der Waals surface area contributed by atoms with Gasteiger partial charge in [-0.3, -0.25) is 9.59 Å². The summed E-state index contributed by atoms with van der Waals surface area (Å²) in [7, 11) is -3.50. The fraction of sp³-hybridized carbons (Fsp3) is 0.550. The van der Waals surface area contributed by atoms with Gasteiger partial charge in [0.05, 0.1) is 15.1 Å². The molecule has 0 saturated carbocycles. The third-order valence-corrected chi connectivity index (χ3v) is 8.45. The van der Waals surface area contributed by atoms with Gasteiger partial charge in [0.25, 0.3) is 0 Å². The summed E-state index contributed by atoms with van der Waals surface area (Å²) in [6, 6.07) is 4.38. The number of carbonyl (C=O) groups excluding carboxylic acids is 2. The molecule has 2 saturated heterocycles. The van der Waals surface area contributed by atoms with Gasteiger partial charge >= 0.3 is 0 Å². The number of aromatic nitrogens is 1. The van der Waals surface area contributed by atoms with Crippen molar-refractivity contribution in [2.45, 2.75) is 50.5 Å². The number of fused-ring (bicyclic) bond motifs is 1. The van der Waals surface area contributed by atoms with E-state index in [1.807, 2.05) is 13.8 Å². The first kappa shape index (κ1) is 21.2. The van der Waals surface area contributed by atoms with Gasteiger partial charge in [-0.1, -0.05) is 25.2 Å². The van der Waals surface area contributed by atoms with Gasteiger partial charge in [0.2, 0.25) is 21.8 Å². The Morgan fingerprint density at radius 2 is 1.90 bits per heavy atom. The molecule has 0 radical (unpaired) electrons. The van der Waals surface area contributed by atoms with Crippen molar-refractivity contribution in [2.24, 2.45) is 5.92 Å². The fourth-order valence-corrected chi connectivity index (χ4v) is 6.55. The monoisotopic (exact) mass is 450 g/mol. The van der Waals surface area contributed by atoms with Crippen molar-refractivity contribution in [2.75, 3.05) is 25.0 Å². The van der Waals surface area contributed by atoms with E-state index in [-0.39, 0.29) is 22.6 Å². The highest BCUT2D eigenvalue weighted by Crippen LogP contribution is 2.31. The first-order valence-electron chi connectivity index (χ1n) is 10.3. The van der Waals surface area contributed by atoms with Crippen LogP contribution in [-0.4, -0.2) is 60.1 Å². The first-order chi connectivity index (χ1) is 14.3. The first-order valence-corrected chi connectivity index (χ1v) is 12.5. The molecule has 162 valence electrons. The van der Waals surface area contributed by atoms with Crippen LogP contribution in [0.3, 0.4) is 0 Å². The SMILES string of the molecule is CC(C)C(=O)N1CCCC1C(=O)Nc1nc2ccc(S(=O)(=O)N3CCCC3)cc2s1. The molecule has 4 rings (SSSR count). The van der Waals surface area contributed by atoms with E-state index in [1.54, 1.807) is 23.1 Å². The van der Waals surface area contributed by atoms with E-state index in [0.717, 1.165) is 19.3 Å². The molecule has 10 heteroatoms. The number of nitrogens with zero attached hydrogens (tertiary/aromatic N) is 3. The molecule has 2 amide bonds. The lowest BCUT2D eigenvalue weighted by atomic mass is 10.1. The van der Waals surface area contributed by atoms with Crippen LogP contribution in [0.2, 0.25) is 0 Å². The summed E-state index contributed by atoms with van der Waals surface area (Å²) < 4.78 is 27.8. The molecule has 0 spiro atoms. The van der Waals surface area contributed by atoms with Crippen LogP contribution in [-0.2, 0) is 19.6 Å². The Balaban J connectivity index is 1.53. The van der Waals surface area contributed by atoms with Gasteiger partial charge in [-0.05, 0) is 43.9 Å². The summed E-state index contributed by atoms with van der Waals surface area (Å²) in [6.07, 6.45) is 3.20. The molecule has 1 N–H and O–H groups in total. The number of thiazole rings is 1. The summed E-state index contributed by atoms with van der Waals surface area (Å²) in [6.45, 7) is 5.36. The smallest absolute Gasteiger partial charge is 0.248 e. The summed E-state index contributed by atoms with van der Waals surface area (Å²) >= 11 is 1.24. The number of hydrogen-bond donors (Lipinski definition) is 1. The highest BCUT2D eigenvalue weighted by molar-refractivity contribution is 7.89. The summed E-state index contributed by atoms with van der Waals surface area (Å²) in [5.41, 5.74) is 0.636. The Kier molecular flexibility index (Phi) is 5.82. The summed E-state index contributed by atoms with van der Waals surface area (Å²) in [5.74, 6) is -0.420. The van der Waals surface area contributed by atoms with Crippen molar-refractivity contribution in [3.63, 3.8) is 0 Å². The van der Waals surface area contributed by atoms with Crippen molar-refractivity contribution in [3.05, 3.63) is 18.2 Å². The number of anilines is 1. The standard InChI is InChI=1S/C20H26N4O4S2/c1-13(2)19(26)24-11-5-6-16(24)18(25)22-20-21-15-8-7-14(12-17(15)29-20)30(27,28)23-9-3-4-10-23/h7-8,12-13,16H,3-6,9-11H2,1-2H3,(H,21,22,25). The molecular formula is C20H26N4O4S2. The van der Waals surface area contributed by atoms with E-state index in [1.165, 1.54) is 15.6 Å². The van der Waals surface area contributed by atoms with Crippen LogP contribution in [0, 0.1) is 5.92 Å². The zero-order valence-corrected chi connectivity index (χ0v) is 18.8. The number of sulfonamides is 1. The van der Waals surface area contributed by atoms with Crippen molar-refractivity contribution in [3.8, 4) is 0 Å². The van der Waals surface area contributed by atoms with E-state index >= 15 is 0 Å². The Morgan fingerprint density at radius 1 is 1.17 bits per heavy atom. The predicted molar refractivity (Wildman–Crippen MR) is 116 cm³/mol. The van der Waals surface area contributed by atoms with E-state index in [9.17, 15) is 18.0 Å². The maximum absolute atomic E-state index is 12.8. The van der Waals surface area contributed by atoms with Crippen molar-refractivity contribution < 1.29 is 18.0 Å². The van der Waals surface area contributed by atoms with E-state index in [4.69, 9.17) is 0 Å². The molecule has 0 bridgehead atoms. The van der Waals surface area contributed by atoms with Gasteiger partial charge in [-0.15, -0.1) is 0 Å². The van der Waals surface area contributed by atoms with Gasteiger partial charge in [0.15, 0.2) is 5.13 Å². The summed E-state index contributed by atoms with van der Waals surface area (Å²) in [4.78, 5) is 31.5. The van der Waals surface area contributed by atoms with Gasteiger partial charge in [0, 0.05) is 25.6 Å². The number of carbonyl (C=O) groups is 2. The zero-order valence-electron chi connectivity index (χ0n) is 17.1. The van der Waals surface area contributed by atoms with E-state index in [2.05, 4.69) is 10.3 Å². The Hall–Kier alpha value is -2.04. The lowest BCUT2D eigenvalue weighted by Crippen LogP contribution is -2.44. The molecule has 0 aliphatic carbocycles. The number of hydrogen-bond acceptors (Lipinski definition) is 6. The molecule has 30 heavy (non-hydrogen) atoms. The fourth-order valence-electron chi connectivity index (χ4n) is 4.02. The largest absolute Gasteiger partial charge is 0.330 e. The highest BCUT2D eigenvalue weighted by Gasteiger charge is 2.35. The second-order valence-corrected chi connectivity index (χ2v) is 11.1. The zero-order chi connectivity index (χ0) is 21.5. The third-order valence-electron chi connectivity index (χ3n) is 5.63. The number of rotatable bonds is 5. The van der Waals surface area contributed by atoms with Gasteiger partial charge in [0.1, 0.15) is 6.04 Å². The second kappa shape index (κ2) is 8.24. The van der Waals surface area contributed by atoms with Crippen LogP contribution < -0.4 is 5.32 Å². The maximum Gasteiger partial charge on any atom is 0.248 e. The number of likely N-dealkylation sites (tertiary alicyclic amines) is 1. The number of nitrogens with one attached hydrogen (secondary N) is 1. The van der Waals surface area contributed by atoms with Crippen molar-refractivity contribution in [1.82, 2.24) is 14.2 Å². The van der Waals surface area contributed by atoms with Gasteiger partial charge in [-0.2, -0.15) is 4.31 Å². The predicted octanol–water partition coefficient (Wildman–Crippen LogP) is 2.67. The summed E-state index contributed by atoms with van der Waals surface area (Å²) in [5, 5.41) is 3.24. The average molecular weight is 451 g/mol. The van der Waals surface area contributed by atoms with Gasteiger partial charge < -0.3 is 10.2 Å². The quantitative estimate of drug-likeness (QED) is 0.755. The molecule has 2 aliphatic heterocycles. The molecular weight excluding hydrogens is 424 g/mol. The molecule has 2 aliphatic rings. The van der Waals surface area contributed by atoms with Crippen molar-refractivity contribution >= 4 is 48.5 Å².